The lowest BCUT2D eigenvalue weighted by Crippen LogP contribution is -1.99. The molecule has 1 aromatic rings. The first kappa shape index (κ1) is 13.2. The first-order chi connectivity index (χ1) is 7.65. The Morgan fingerprint density at radius 1 is 1.12 bits per heavy atom. The van der Waals surface area contributed by atoms with Crippen molar-refractivity contribution < 1.29 is 0 Å². The first-order valence-corrected chi connectivity index (χ1v) is 6.44. The van der Waals surface area contributed by atoms with Gasteiger partial charge in [0.05, 0.1) is 0 Å². The molecule has 16 heavy (non-hydrogen) atoms. The molecule has 90 valence electrons. The van der Waals surface area contributed by atoms with Gasteiger partial charge in [0.15, 0.2) is 0 Å². The van der Waals surface area contributed by atoms with Crippen molar-refractivity contribution in [3.05, 3.63) is 34.9 Å². The fraction of sp³-hybridized carbons (Fsp3) is 0.600. The van der Waals surface area contributed by atoms with E-state index in [9.17, 15) is 0 Å². The molecule has 1 aromatic carbocycles. The van der Waals surface area contributed by atoms with Crippen LogP contribution in [0.4, 0.5) is 0 Å². The number of aryl methyl sites for hydroxylation is 2. The highest BCUT2D eigenvalue weighted by Crippen LogP contribution is 2.20. The largest absolute Gasteiger partial charge is 0.330 e. The van der Waals surface area contributed by atoms with Crippen LogP contribution >= 0.6 is 0 Å². The van der Waals surface area contributed by atoms with Gasteiger partial charge in [0.1, 0.15) is 0 Å². The molecule has 2 N–H and O–H groups in total. The summed E-state index contributed by atoms with van der Waals surface area (Å²) >= 11 is 0. The number of benzene rings is 1. The van der Waals surface area contributed by atoms with Crippen LogP contribution in [0.2, 0.25) is 0 Å². The maximum Gasteiger partial charge on any atom is -0.00773 e. The molecule has 1 heteroatoms. The van der Waals surface area contributed by atoms with Gasteiger partial charge in [-0.15, -0.1) is 0 Å². The summed E-state index contributed by atoms with van der Waals surface area (Å²) in [4.78, 5) is 0. The summed E-state index contributed by atoms with van der Waals surface area (Å²) in [6.07, 6.45) is 4.87. The summed E-state index contributed by atoms with van der Waals surface area (Å²) in [6, 6.07) is 6.89. The van der Waals surface area contributed by atoms with E-state index in [4.69, 9.17) is 5.73 Å². The lowest BCUT2D eigenvalue weighted by molar-refractivity contribution is 0.684. The van der Waals surface area contributed by atoms with Crippen LogP contribution in [0, 0.1) is 6.92 Å². The molecule has 0 atom stereocenters. The molecule has 0 fully saturated rings. The van der Waals surface area contributed by atoms with Crippen molar-refractivity contribution >= 4 is 0 Å². The van der Waals surface area contributed by atoms with Gasteiger partial charge in [0.2, 0.25) is 0 Å². The van der Waals surface area contributed by atoms with E-state index in [0.29, 0.717) is 5.92 Å². The molecule has 0 saturated heterocycles. The molecular weight excluding hydrogens is 194 g/mol. The molecule has 0 aliphatic rings. The zero-order valence-corrected chi connectivity index (χ0v) is 10.9. The lowest BCUT2D eigenvalue weighted by atomic mass is 9.95. The van der Waals surface area contributed by atoms with Gasteiger partial charge in [-0.3, -0.25) is 0 Å². The van der Waals surface area contributed by atoms with Gasteiger partial charge < -0.3 is 5.73 Å². The van der Waals surface area contributed by atoms with E-state index in [1.165, 1.54) is 36.0 Å². The fourth-order valence-electron chi connectivity index (χ4n) is 1.96. The van der Waals surface area contributed by atoms with Crippen molar-refractivity contribution in [3.63, 3.8) is 0 Å². The second-order valence-corrected chi connectivity index (χ2v) is 4.94. The minimum Gasteiger partial charge on any atom is -0.330 e. The highest BCUT2D eigenvalue weighted by molar-refractivity contribution is 5.32. The Hall–Kier alpha value is -0.820. The molecule has 0 saturated carbocycles. The average molecular weight is 219 g/mol. The smallest absolute Gasteiger partial charge is 0.00773 e. The van der Waals surface area contributed by atoms with Crippen LogP contribution in [0.1, 0.15) is 55.7 Å². The third kappa shape index (κ3) is 3.97. The minimum absolute atomic E-state index is 0.628. The van der Waals surface area contributed by atoms with Crippen LogP contribution in [0.3, 0.4) is 0 Å². The standard InChI is InChI=1S/C15H25N/c1-12(2)14-9-8-13(3)15(11-14)7-5-4-6-10-16/h8-9,11-12H,4-7,10,16H2,1-3H3. The SMILES string of the molecule is Cc1ccc(C(C)C)cc1CCCCCN. The second-order valence-electron chi connectivity index (χ2n) is 4.94. The lowest BCUT2D eigenvalue weighted by Gasteiger charge is -2.11. The van der Waals surface area contributed by atoms with Gasteiger partial charge in [0, 0.05) is 0 Å². The maximum atomic E-state index is 5.50. The number of nitrogens with two attached hydrogens (primary N) is 1. The summed E-state index contributed by atoms with van der Waals surface area (Å²) in [5, 5.41) is 0. The number of rotatable bonds is 6. The molecule has 0 bridgehead atoms. The molecule has 0 radical (unpaired) electrons. The quantitative estimate of drug-likeness (QED) is 0.724. The Balaban J connectivity index is 2.60. The first-order valence-electron chi connectivity index (χ1n) is 6.44. The van der Waals surface area contributed by atoms with E-state index in [1.54, 1.807) is 0 Å². The third-order valence-electron chi connectivity index (χ3n) is 3.19. The Morgan fingerprint density at radius 2 is 1.88 bits per heavy atom. The van der Waals surface area contributed by atoms with E-state index >= 15 is 0 Å². The summed E-state index contributed by atoms with van der Waals surface area (Å²) in [5.41, 5.74) is 9.90. The zero-order valence-electron chi connectivity index (χ0n) is 10.9. The maximum absolute atomic E-state index is 5.50. The van der Waals surface area contributed by atoms with Crippen molar-refractivity contribution in [2.45, 2.75) is 52.4 Å². The van der Waals surface area contributed by atoms with E-state index < -0.39 is 0 Å². The predicted octanol–water partition coefficient (Wildman–Crippen LogP) is 3.79. The molecule has 0 amide bonds. The van der Waals surface area contributed by atoms with Crippen molar-refractivity contribution in [1.29, 1.82) is 0 Å². The van der Waals surface area contributed by atoms with Gasteiger partial charge in [0.25, 0.3) is 0 Å². The second kappa shape index (κ2) is 6.70. The summed E-state index contributed by atoms with van der Waals surface area (Å²) in [5.74, 6) is 0.628. The van der Waals surface area contributed by atoms with E-state index in [-0.39, 0.29) is 0 Å². The highest BCUT2D eigenvalue weighted by atomic mass is 14.5. The van der Waals surface area contributed by atoms with Crippen molar-refractivity contribution in [3.8, 4) is 0 Å². The van der Waals surface area contributed by atoms with Crippen molar-refractivity contribution in [2.24, 2.45) is 5.73 Å². The van der Waals surface area contributed by atoms with E-state index in [1.807, 2.05) is 0 Å². The zero-order chi connectivity index (χ0) is 12.0. The molecular formula is C15H25N. The predicted molar refractivity (Wildman–Crippen MR) is 71.9 cm³/mol. The van der Waals surface area contributed by atoms with Crippen molar-refractivity contribution in [2.75, 3.05) is 6.54 Å². The van der Waals surface area contributed by atoms with Gasteiger partial charge in [-0.05, 0) is 55.3 Å². The summed E-state index contributed by atoms with van der Waals surface area (Å²) in [6.45, 7) is 7.54. The van der Waals surface area contributed by atoms with E-state index in [2.05, 4.69) is 39.0 Å². The Bertz CT molecular complexity index is 315. The van der Waals surface area contributed by atoms with Gasteiger partial charge in [-0.25, -0.2) is 0 Å². The van der Waals surface area contributed by atoms with Crippen LogP contribution in [0.25, 0.3) is 0 Å². The molecule has 1 nitrogen and oxygen atoms in total. The van der Waals surface area contributed by atoms with Crippen molar-refractivity contribution in [1.82, 2.24) is 0 Å². The number of unbranched alkanes of at least 4 members (excludes halogenated alkanes) is 2. The van der Waals surface area contributed by atoms with Gasteiger partial charge in [-0.1, -0.05) is 38.5 Å². The molecule has 0 heterocycles. The molecule has 0 unspecified atom stereocenters. The third-order valence-corrected chi connectivity index (χ3v) is 3.19. The van der Waals surface area contributed by atoms with Crippen LogP contribution in [0.15, 0.2) is 18.2 Å². The normalized spacial score (nSPS) is 11.1. The van der Waals surface area contributed by atoms with Gasteiger partial charge in [-0.2, -0.15) is 0 Å². The van der Waals surface area contributed by atoms with E-state index in [0.717, 1.165) is 13.0 Å². The van der Waals surface area contributed by atoms with Crippen LogP contribution in [-0.4, -0.2) is 6.54 Å². The summed E-state index contributed by atoms with van der Waals surface area (Å²) in [7, 11) is 0. The Labute approximate surface area is 100 Å². The monoisotopic (exact) mass is 219 g/mol. The van der Waals surface area contributed by atoms with Crippen LogP contribution in [0.5, 0.6) is 0 Å². The molecule has 0 aliphatic carbocycles. The minimum atomic E-state index is 0.628. The Kier molecular flexibility index (Phi) is 5.54. The molecule has 0 aromatic heterocycles. The van der Waals surface area contributed by atoms with Crippen LogP contribution in [-0.2, 0) is 6.42 Å². The van der Waals surface area contributed by atoms with Crippen LogP contribution < -0.4 is 5.73 Å². The molecule has 0 spiro atoms. The van der Waals surface area contributed by atoms with Gasteiger partial charge >= 0.3 is 0 Å². The highest BCUT2D eigenvalue weighted by Gasteiger charge is 2.03. The molecule has 0 aliphatic heterocycles. The number of hydrogen-bond acceptors (Lipinski definition) is 1. The average Bonchev–Trinajstić information content (AvgIpc) is 2.26. The molecule has 1 rings (SSSR count). The Morgan fingerprint density at radius 3 is 2.50 bits per heavy atom. The summed E-state index contributed by atoms with van der Waals surface area (Å²) < 4.78 is 0. The fourth-order valence-corrected chi connectivity index (χ4v) is 1.96. The topological polar surface area (TPSA) is 26.0 Å². The number of hydrogen-bond donors (Lipinski definition) is 1.